The van der Waals surface area contributed by atoms with Crippen molar-refractivity contribution < 1.29 is 24.2 Å². The number of halogens is 2. The van der Waals surface area contributed by atoms with E-state index in [0.29, 0.717) is 23.6 Å². The van der Waals surface area contributed by atoms with Gasteiger partial charge in [0.15, 0.2) is 0 Å². The maximum absolute atomic E-state index is 13.4. The summed E-state index contributed by atoms with van der Waals surface area (Å²) >= 11 is 12.5. The molecule has 1 aromatic heterocycles. The van der Waals surface area contributed by atoms with Gasteiger partial charge in [-0.05, 0) is 53.6 Å². The SMILES string of the molecule is COc1c(Cl)cc(Cl)cc1/C(O)=C1\C(=O)C(=O)N(c2ccc(OCc3ccccc3)cc2)C1c1cccnc1. The van der Waals surface area contributed by atoms with Crippen molar-refractivity contribution in [2.24, 2.45) is 0 Å². The van der Waals surface area contributed by atoms with Crippen LogP contribution in [0.1, 0.15) is 22.7 Å². The highest BCUT2D eigenvalue weighted by Gasteiger charge is 2.47. The van der Waals surface area contributed by atoms with Crippen LogP contribution < -0.4 is 14.4 Å². The third-order valence-corrected chi connectivity index (χ3v) is 6.77. The Kier molecular flexibility index (Phi) is 7.54. The number of ketones is 1. The van der Waals surface area contributed by atoms with Gasteiger partial charge in [-0.1, -0.05) is 59.6 Å². The normalized spacial score (nSPS) is 16.4. The van der Waals surface area contributed by atoms with Gasteiger partial charge in [0, 0.05) is 23.1 Å². The average Bonchev–Trinajstić information content (AvgIpc) is 3.22. The highest BCUT2D eigenvalue weighted by Crippen LogP contribution is 2.45. The number of carbonyl (C=O) groups is 2. The molecule has 1 aliphatic rings. The van der Waals surface area contributed by atoms with E-state index in [0.717, 1.165) is 5.56 Å². The third kappa shape index (κ3) is 5.19. The van der Waals surface area contributed by atoms with E-state index in [1.165, 1.54) is 30.3 Å². The van der Waals surface area contributed by atoms with Crippen molar-refractivity contribution in [3.63, 3.8) is 0 Å². The van der Waals surface area contributed by atoms with Gasteiger partial charge in [0.1, 0.15) is 23.9 Å². The largest absolute Gasteiger partial charge is 0.507 e. The molecule has 7 nitrogen and oxygen atoms in total. The van der Waals surface area contributed by atoms with Crippen LogP contribution in [0, 0.1) is 0 Å². The Morgan fingerprint density at radius 1 is 1.00 bits per heavy atom. The van der Waals surface area contributed by atoms with Gasteiger partial charge in [0.25, 0.3) is 11.7 Å². The zero-order valence-corrected chi connectivity index (χ0v) is 22.2. The molecule has 9 heteroatoms. The number of amides is 1. The van der Waals surface area contributed by atoms with E-state index in [1.54, 1.807) is 42.6 Å². The van der Waals surface area contributed by atoms with Gasteiger partial charge >= 0.3 is 0 Å². The summed E-state index contributed by atoms with van der Waals surface area (Å²) in [5, 5.41) is 11.8. The number of benzene rings is 3. The van der Waals surface area contributed by atoms with Crippen molar-refractivity contribution >= 4 is 46.3 Å². The second-order valence-corrected chi connectivity index (χ2v) is 9.54. The molecule has 0 spiro atoms. The van der Waals surface area contributed by atoms with Crippen molar-refractivity contribution in [2.45, 2.75) is 12.6 Å². The molecular formula is C30H22Cl2N2O5. The number of Topliss-reactive ketones (excluding diaryl/α,β-unsaturated/α-hetero) is 1. The first-order valence-corrected chi connectivity index (χ1v) is 12.7. The molecule has 39 heavy (non-hydrogen) atoms. The van der Waals surface area contributed by atoms with E-state index in [9.17, 15) is 14.7 Å². The highest BCUT2D eigenvalue weighted by atomic mass is 35.5. The first kappa shape index (κ1) is 26.3. The van der Waals surface area contributed by atoms with Gasteiger partial charge in [-0.15, -0.1) is 0 Å². The van der Waals surface area contributed by atoms with Crippen molar-refractivity contribution in [2.75, 3.05) is 12.0 Å². The number of hydrogen-bond donors (Lipinski definition) is 1. The minimum absolute atomic E-state index is 0.0894. The predicted octanol–water partition coefficient (Wildman–Crippen LogP) is 6.60. The summed E-state index contributed by atoms with van der Waals surface area (Å²) in [7, 11) is 1.38. The van der Waals surface area contributed by atoms with Gasteiger partial charge in [-0.2, -0.15) is 0 Å². The third-order valence-electron chi connectivity index (χ3n) is 6.28. The molecule has 2 heterocycles. The molecule has 1 unspecified atom stereocenters. The Balaban J connectivity index is 1.57. The Hall–Kier alpha value is -4.33. The molecule has 4 aromatic rings. The van der Waals surface area contributed by atoms with Gasteiger partial charge in [-0.25, -0.2) is 0 Å². The second kappa shape index (κ2) is 11.2. The topological polar surface area (TPSA) is 89.0 Å². The molecule has 0 saturated carbocycles. The summed E-state index contributed by atoms with van der Waals surface area (Å²) in [6, 6.07) is 21.9. The zero-order chi connectivity index (χ0) is 27.5. The van der Waals surface area contributed by atoms with E-state index in [1.807, 2.05) is 30.3 Å². The molecular weight excluding hydrogens is 539 g/mol. The van der Waals surface area contributed by atoms with Crippen LogP contribution >= 0.6 is 23.2 Å². The summed E-state index contributed by atoms with van der Waals surface area (Å²) in [5.74, 6) is -1.43. The lowest BCUT2D eigenvalue weighted by Gasteiger charge is -2.25. The summed E-state index contributed by atoms with van der Waals surface area (Å²) in [5.41, 5.74) is 1.92. The Morgan fingerprint density at radius 2 is 1.74 bits per heavy atom. The van der Waals surface area contributed by atoms with E-state index < -0.39 is 23.5 Å². The minimum Gasteiger partial charge on any atom is -0.507 e. The first-order valence-electron chi connectivity index (χ1n) is 11.9. The Morgan fingerprint density at radius 3 is 2.41 bits per heavy atom. The van der Waals surface area contributed by atoms with Gasteiger partial charge in [-0.3, -0.25) is 19.5 Å². The second-order valence-electron chi connectivity index (χ2n) is 8.69. The van der Waals surface area contributed by atoms with E-state index in [4.69, 9.17) is 32.7 Å². The number of ether oxygens (including phenoxy) is 2. The van der Waals surface area contributed by atoms with E-state index >= 15 is 0 Å². The number of aromatic nitrogens is 1. The lowest BCUT2D eigenvalue weighted by Crippen LogP contribution is -2.29. The van der Waals surface area contributed by atoms with Crippen LogP contribution in [0.2, 0.25) is 10.0 Å². The molecule has 1 fully saturated rings. The van der Waals surface area contributed by atoms with Gasteiger partial charge < -0.3 is 14.6 Å². The smallest absolute Gasteiger partial charge is 0.300 e. The fourth-order valence-corrected chi connectivity index (χ4v) is 5.06. The molecule has 5 rings (SSSR count). The van der Waals surface area contributed by atoms with E-state index in [2.05, 4.69) is 4.98 Å². The van der Waals surface area contributed by atoms with Crippen LogP contribution in [0.25, 0.3) is 5.76 Å². The molecule has 1 aliphatic heterocycles. The molecule has 196 valence electrons. The summed E-state index contributed by atoms with van der Waals surface area (Å²) in [4.78, 5) is 32.3. The number of hydrogen-bond acceptors (Lipinski definition) is 6. The van der Waals surface area contributed by atoms with Crippen molar-refractivity contribution in [1.29, 1.82) is 0 Å². The lowest BCUT2D eigenvalue weighted by atomic mass is 9.95. The molecule has 1 saturated heterocycles. The highest BCUT2D eigenvalue weighted by molar-refractivity contribution is 6.51. The summed E-state index contributed by atoms with van der Waals surface area (Å²) < 4.78 is 11.2. The number of methoxy groups -OCH3 is 1. The molecule has 0 bridgehead atoms. The molecule has 3 aromatic carbocycles. The number of anilines is 1. The monoisotopic (exact) mass is 560 g/mol. The minimum atomic E-state index is -0.975. The number of aliphatic hydroxyl groups is 1. The van der Waals surface area contributed by atoms with Crippen molar-refractivity contribution in [3.8, 4) is 11.5 Å². The number of carbonyl (C=O) groups excluding carboxylic acids is 2. The molecule has 0 aliphatic carbocycles. The zero-order valence-electron chi connectivity index (χ0n) is 20.7. The van der Waals surface area contributed by atoms with Crippen molar-refractivity contribution in [1.82, 2.24) is 4.98 Å². The molecule has 0 radical (unpaired) electrons. The standard InChI is InChI=1S/C30H22Cl2N2O5/c1-38-29-23(14-20(31)15-24(29)32)27(35)25-26(19-8-5-13-33-16-19)34(30(37)28(25)36)21-9-11-22(12-10-21)39-17-18-6-3-2-4-7-18/h2-16,26,35H,17H2,1H3/b27-25+. The number of pyridine rings is 1. The van der Waals surface area contributed by atoms with Crippen LogP contribution in [-0.2, 0) is 16.2 Å². The van der Waals surface area contributed by atoms with Crippen LogP contribution in [0.3, 0.4) is 0 Å². The Bertz CT molecular complexity index is 1560. The molecule has 1 N–H and O–H groups in total. The number of rotatable bonds is 7. The van der Waals surface area contributed by atoms with Crippen LogP contribution in [0.5, 0.6) is 11.5 Å². The molecule has 1 atom stereocenters. The predicted molar refractivity (Wildman–Crippen MR) is 149 cm³/mol. The fourth-order valence-electron chi connectivity index (χ4n) is 4.48. The Labute approximate surface area is 234 Å². The molecule has 1 amide bonds. The summed E-state index contributed by atoms with van der Waals surface area (Å²) in [6.07, 6.45) is 3.12. The van der Waals surface area contributed by atoms with Crippen LogP contribution in [-0.4, -0.2) is 28.9 Å². The van der Waals surface area contributed by atoms with E-state index in [-0.39, 0.29) is 26.9 Å². The van der Waals surface area contributed by atoms with Crippen LogP contribution in [0.4, 0.5) is 5.69 Å². The first-order chi connectivity index (χ1) is 18.9. The van der Waals surface area contributed by atoms with Crippen LogP contribution in [0.15, 0.2) is 96.8 Å². The number of aliphatic hydroxyl groups excluding tert-OH is 1. The van der Waals surface area contributed by atoms with Gasteiger partial charge in [0.05, 0.1) is 29.3 Å². The van der Waals surface area contributed by atoms with Crippen molar-refractivity contribution in [3.05, 3.63) is 124 Å². The quantitative estimate of drug-likeness (QED) is 0.155. The summed E-state index contributed by atoms with van der Waals surface area (Å²) in [6.45, 7) is 0.379. The average molecular weight is 561 g/mol. The fraction of sp³-hybridized carbons (Fsp3) is 0.100. The lowest BCUT2D eigenvalue weighted by molar-refractivity contribution is -0.132. The van der Waals surface area contributed by atoms with Gasteiger partial charge in [0.2, 0.25) is 0 Å². The maximum Gasteiger partial charge on any atom is 0.300 e. The maximum atomic E-state index is 13.4. The number of nitrogens with zero attached hydrogens (tertiary/aromatic N) is 2.